The molecular weight excluding hydrogens is 418 g/mol. The Labute approximate surface area is 195 Å². The van der Waals surface area contributed by atoms with Crippen molar-refractivity contribution in [3.63, 3.8) is 0 Å². The molecule has 1 heterocycles. The summed E-state index contributed by atoms with van der Waals surface area (Å²) in [5, 5.41) is 10.2. The van der Waals surface area contributed by atoms with Crippen molar-refractivity contribution >= 4 is 22.4 Å². The van der Waals surface area contributed by atoms with E-state index < -0.39 is 0 Å². The summed E-state index contributed by atoms with van der Waals surface area (Å²) in [6, 6.07) is 16.3. The van der Waals surface area contributed by atoms with Crippen molar-refractivity contribution in [1.82, 2.24) is 10.2 Å². The third-order valence-corrected chi connectivity index (χ3v) is 6.29. The van der Waals surface area contributed by atoms with Gasteiger partial charge in [-0.1, -0.05) is 88.4 Å². The van der Waals surface area contributed by atoms with E-state index in [4.69, 9.17) is 4.74 Å². The molecule has 1 aromatic heterocycles. The molecule has 0 radical (unpaired) electrons. The minimum atomic E-state index is 0.0513. The van der Waals surface area contributed by atoms with Gasteiger partial charge >= 0.3 is 0 Å². The Hall–Kier alpha value is -2.73. The molecule has 0 spiro atoms. The zero-order valence-electron chi connectivity index (χ0n) is 19.9. The van der Waals surface area contributed by atoms with E-state index in [1.54, 1.807) is 12.0 Å². The first kappa shape index (κ1) is 23.9. The van der Waals surface area contributed by atoms with E-state index in [1.165, 1.54) is 16.9 Å². The number of ether oxygens (including phenoxy) is 1. The molecule has 0 fully saturated rings. The van der Waals surface area contributed by atoms with E-state index >= 15 is 0 Å². The molecule has 3 aromatic rings. The van der Waals surface area contributed by atoms with Gasteiger partial charge in [-0.2, -0.15) is 0 Å². The van der Waals surface area contributed by atoms with Gasteiger partial charge in [0, 0.05) is 18.5 Å². The van der Waals surface area contributed by atoms with Crippen molar-refractivity contribution in [3.05, 3.63) is 59.7 Å². The molecule has 0 N–H and O–H groups in total. The van der Waals surface area contributed by atoms with Crippen LogP contribution in [-0.2, 0) is 16.6 Å². The first-order valence-electron chi connectivity index (χ1n) is 11.1. The molecule has 0 atom stereocenters. The molecule has 0 unspecified atom stereocenters. The Balaban J connectivity index is 1.77. The summed E-state index contributed by atoms with van der Waals surface area (Å²) in [7, 11) is 1.66. The van der Waals surface area contributed by atoms with Gasteiger partial charge in [0.2, 0.25) is 11.0 Å². The third-order valence-electron chi connectivity index (χ3n) is 5.29. The van der Waals surface area contributed by atoms with Gasteiger partial charge in [-0.15, -0.1) is 10.2 Å². The predicted molar refractivity (Wildman–Crippen MR) is 133 cm³/mol. The summed E-state index contributed by atoms with van der Waals surface area (Å²) >= 11 is 1.47. The van der Waals surface area contributed by atoms with Gasteiger partial charge in [0.05, 0.1) is 7.11 Å². The molecule has 170 valence electrons. The highest BCUT2D eigenvalue weighted by Crippen LogP contribution is 2.32. The average molecular weight is 452 g/mol. The van der Waals surface area contributed by atoms with Gasteiger partial charge in [0.15, 0.2) is 0 Å². The fraction of sp³-hybridized carbons (Fsp3) is 0.423. The smallest absolute Gasteiger partial charge is 0.229 e. The molecule has 0 saturated heterocycles. The second-order valence-electron chi connectivity index (χ2n) is 9.43. The normalized spacial score (nSPS) is 11.6. The molecular formula is C26H33N3O2S. The summed E-state index contributed by atoms with van der Waals surface area (Å²) in [6.07, 6.45) is 1.01. The van der Waals surface area contributed by atoms with Gasteiger partial charge < -0.3 is 4.74 Å². The van der Waals surface area contributed by atoms with E-state index in [1.807, 2.05) is 24.3 Å². The van der Waals surface area contributed by atoms with Gasteiger partial charge in [0.25, 0.3) is 0 Å². The van der Waals surface area contributed by atoms with Gasteiger partial charge in [0.1, 0.15) is 10.8 Å². The Morgan fingerprint density at radius 3 is 2.38 bits per heavy atom. The minimum Gasteiger partial charge on any atom is -0.496 e. The first-order chi connectivity index (χ1) is 15.2. The van der Waals surface area contributed by atoms with Crippen LogP contribution in [0.5, 0.6) is 5.75 Å². The van der Waals surface area contributed by atoms with Crippen LogP contribution in [0.2, 0.25) is 0 Å². The van der Waals surface area contributed by atoms with E-state index in [9.17, 15) is 4.79 Å². The Bertz CT molecular complexity index is 1040. The fourth-order valence-corrected chi connectivity index (χ4v) is 4.37. The van der Waals surface area contributed by atoms with Crippen LogP contribution in [0.1, 0.15) is 52.2 Å². The lowest BCUT2D eigenvalue weighted by Gasteiger charge is -2.21. The standard InChI is InChI=1S/C26H33N3O2S/c1-18(2)17-29(23(30)16-13-19-9-7-8-10-22(19)31-6)25-28-27-24(32-25)20-11-14-21(15-12-20)26(3,4)5/h7-12,14-15,18H,13,16-17H2,1-6H3. The van der Waals surface area contributed by atoms with Crippen LogP contribution >= 0.6 is 11.3 Å². The average Bonchev–Trinajstić information content (AvgIpc) is 3.25. The zero-order chi connectivity index (χ0) is 23.3. The summed E-state index contributed by atoms with van der Waals surface area (Å²) in [4.78, 5) is 15.0. The van der Waals surface area contributed by atoms with E-state index in [0.717, 1.165) is 21.9 Å². The quantitative estimate of drug-likeness (QED) is 0.413. The largest absolute Gasteiger partial charge is 0.496 e. The molecule has 1 amide bonds. The minimum absolute atomic E-state index is 0.0513. The highest BCUT2D eigenvalue weighted by molar-refractivity contribution is 7.18. The number of methoxy groups -OCH3 is 1. The van der Waals surface area contributed by atoms with E-state index in [2.05, 4.69) is 69.1 Å². The number of carbonyl (C=O) groups is 1. The van der Waals surface area contributed by atoms with Crippen LogP contribution in [-0.4, -0.2) is 29.8 Å². The fourth-order valence-electron chi connectivity index (χ4n) is 3.49. The van der Waals surface area contributed by atoms with Crippen molar-refractivity contribution in [2.24, 2.45) is 5.92 Å². The number of hydrogen-bond acceptors (Lipinski definition) is 5. The topological polar surface area (TPSA) is 55.3 Å². The number of anilines is 1. The van der Waals surface area contributed by atoms with Crippen molar-refractivity contribution in [3.8, 4) is 16.3 Å². The SMILES string of the molecule is COc1ccccc1CCC(=O)N(CC(C)C)c1nnc(-c2ccc(C(C)(C)C)cc2)s1. The number of hydrogen-bond donors (Lipinski definition) is 0. The molecule has 0 aliphatic carbocycles. The number of aryl methyl sites for hydroxylation is 1. The molecule has 3 rings (SSSR count). The Morgan fingerprint density at radius 1 is 1.06 bits per heavy atom. The van der Waals surface area contributed by atoms with Gasteiger partial charge in [-0.05, 0) is 34.9 Å². The molecule has 0 saturated carbocycles. The number of carbonyl (C=O) groups excluding carboxylic acids is 1. The monoisotopic (exact) mass is 451 g/mol. The maximum absolute atomic E-state index is 13.2. The molecule has 0 bridgehead atoms. The summed E-state index contributed by atoms with van der Waals surface area (Å²) in [6.45, 7) is 11.4. The summed E-state index contributed by atoms with van der Waals surface area (Å²) in [5.41, 5.74) is 3.43. The molecule has 2 aromatic carbocycles. The third kappa shape index (κ3) is 5.94. The van der Waals surface area contributed by atoms with Crippen molar-refractivity contribution in [2.75, 3.05) is 18.6 Å². The number of amides is 1. The van der Waals surface area contributed by atoms with Crippen LogP contribution in [0, 0.1) is 5.92 Å². The molecule has 32 heavy (non-hydrogen) atoms. The number of para-hydroxylation sites is 1. The molecule has 0 aliphatic heterocycles. The lowest BCUT2D eigenvalue weighted by molar-refractivity contribution is -0.118. The van der Waals surface area contributed by atoms with Crippen LogP contribution in [0.25, 0.3) is 10.6 Å². The van der Waals surface area contributed by atoms with Crippen molar-refractivity contribution < 1.29 is 9.53 Å². The highest BCUT2D eigenvalue weighted by Gasteiger charge is 2.22. The van der Waals surface area contributed by atoms with Gasteiger partial charge in [-0.3, -0.25) is 9.69 Å². The first-order valence-corrected chi connectivity index (χ1v) is 11.9. The zero-order valence-corrected chi connectivity index (χ0v) is 20.7. The van der Waals surface area contributed by atoms with E-state index in [-0.39, 0.29) is 11.3 Å². The number of benzene rings is 2. The Kier molecular flexibility index (Phi) is 7.67. The highest BCUT2D eigenvalue weighted by atomic mass is 32.1. The van der Waals surface area contributed by atoms with Crippen molar-refractivity contribution in [2.45, 2.75) is 52.9 Å². The Morgan fingerprint density at radius 2 is 1.75 bits per heavy atom. The lowest BCUT2D eigenvalue weighted by Crippen LogP contribution is -2.34. The number of aromatic nitrogens is 2. The lowest BCUT2D eigenvalue weighted by atomic mass is 9.87. The van der Waals surface area contributed by atoms with Crippen molar-refractivity contribution in [1.29, 1.82) is 0 Å². The second kappa shape index (κ2) is 10.3. The van der Waals surface area contributed by atoms with Crippen LogP contribution in [0.4, 0.5) is 5.13 Å². The van der Waals surface area contributed by atoms with E-state index in [0.29, 0.717) is 30.4 Å². The maximum Gasteiger partial charge on any atom is 0.229 e. The maximum atomic E-state index is 13.2. The molecule has 5 nitrogen and oxygen atoms in total. The summed E-state index contributed by atoms with van der Waals surface area (Å²) in [5.74, 6) is 1.19. The van der Waals surface area contributed by atoms with Crippen LogP contribution in [0.15, 0.2) is 48.5 Å². The number of nitrogens with zero attached hydrogens (tertiary/aromatic N) is 3. The molecule has 0 aliphatic rings. The molecule has 6 heteroatoms. The van der Waals surface area contributed by atoms with Gasteiger partial charge in [-0.25, -0.2) is 0 Å². The predicted octanol–water partition coefficient (Wildman–Crippen LogP) is 6.13. The van der Waals surface area contributed by atoms with Crippen LogP contribution in [0.3, 0.4) is 0 Å². The van der Waals surface area contributed by atoms with Crippen LogP contribution < -0.4 is 9.64 Å². The number of rotatable bonds is 8. The second-order valence-corrected chi connectivity index (χ2v) is 10.4. The summed E-state index contributed by atoms with van der Waals surface area (Å²) < 4.78 is 5.42.